The van der Waals surface area contributed by atoms with Crippen LogP contribution in [0.4, 0.5) is 5.69 Å². The van der Waals surface area contributed by atoms with Crippen molar-refractivity contribution in [2.24, 2.45) is 0 Å². The standard InChI is InChI=1S/C15H20N2O5S/c1-16(9-7-14(18)19)15(20)12-5-6-13-11(10-12)4-3-8-17(13)23(2,21)22/h5-6,10H,3-4,7-9H2,1-2H3,(H,18,19). The van der Waals surface area contributed by atoms with Gasteiger partial charge in [0.1, 0.15) is 0 Å². The fourth-order valence-corrected chi connectivity index (χ4v) is 3.62. The molecule has 1 N–H and O–H groups in total. The van der Waals surface area contributed by atoms with Gasteiger partial charge >= 0.3 is 5.97 Å². The fraction of sp³-hybridized carbons (Fsp3) is 0.467. The Labute approximate surface area is 135 Å². The van der Waals surface area contributed by atoms with E-state index in [0.717, 1.165) is 5.56 Å². The van der Waals surface area contributed by atoms with Crippen molar-refractivity contribution >= 4 is 27.6 Å². The van der Waals surface area contributed by atoms with Crippen LogP contribution in [-0.4, -0.2) is 56.7 Å². The first-order chi connectivity index (χ1) is 10.7. The Kier molecular flexibility index (Phi) is 4.93. The molecule has 1 amide bonds. The quantitative estimate of drug-likeness (QED) is 0.861. The third-order valence-electron chi connectivity index (χ3n) is 3.81. The molecule has 8 heteroatoms. The number of carbonyl (C=O) groups excluding carboxylic acids is 1. The second-order valence-corrected chi connectivity index (χ2v) is 7.56. The minimum Gasteiger partial charge on any atom is -0.481 e. The van der Waals surface area contributed by atoms with E-state index in [1.165, 1.54) is 15.5 Å². The molecule has 0 bridgehead atoms. The zero-order valence-corrected chi connectivity index (χ0v) is 14.0. The summed E-state index contributed by atoms with van der Waals surface area (Å²) in [5, 5.41) is 8.68. The van der Waals surface area contributed by atoms with Gasteiger partial charge in [-0.1, -0.05) is 0 Å². The van der Waals surface area contributed by atoms with Crippen LogP contribution in [0.5, 0.6) is 0 Å². The maximum atomic E-state index is 12.3. The molecule has 23 heavy (non-hydrogen) atoms. The number of sulfonamides is 1. The fourth-order valence-electron chi connectivity index (χ4n) is 2.63. The minimum atomic E-state index is -3.33. The molecule has 1 heterocycles. The molecule has 0 fully saturated rings. The van der Waals surface area contributed by atoms with Crippen molar-refractivity contribution < 1.29 is 23.1 Å². The molecule has 0 spiro atoms. The van der Waals surface area contributed by atoms with E-state index < -0.39 is 16.0 Å². The molecule has 0 atom stereocenters. The number of carboxylic acid groups (broad SMARTS) is 1. The molecule has 1 aliphatic heterocycles. The van der Waals surface area contributed by atoms with E-state index in [9.17, 15) is 18.0 Å². The highest BCUT2D eigenvalue weighted by Gasteiger charge is 2.25. The summed E-state index contributed by atoms with van der Waals surface area (Å²) in [6.07, 6.45) is 2.46. The Morgan fingerprint density at radius 2 is 2.04 bits per heavy atom. The summed E-state index contributed by atoms with van der Waals surface area (Å²) < 4.78 is 25.0. The van der Waals surface area contributed by atoms with Crippen molar-refractivity contribution in [1.29, 1.82) is 0 Å². The van der Waals surface area contributed by atoms with Gasteiger partial charge in [0, 0.05) is 25.7 Å². The third-order valence-corrected chi connectivity index (χ3v) is 4.99. The number of benzene rings is 1. The largest absolute Gasteiger partial charge is 0.481 e. The summed E-state index contributed by atoms with van der Waals surface area (Å²) in [5.41, 5.74) is 1.87. The van der Waals surface area contributed by atoms with Crippen LogP contribution in [0.15, 0.2) is 18.2 Å². The van der Waals surface area contributed by atoms with Crippen molar-refractivity contribution in [3.05, 3.63) is 29.3 Å². The smallest absolute Gasteiger partial charge is 0.305 e. The predicted molar refractivity (Wildman–Crippen MR) is 86.2 cm³/mol. The molecule has 0 radical (unpaired) electrons. The summed E-state index contributed by atoms with van der Waals surface area (Å²) in [6.45, 7) is 0.568. The summed E-state index contributed by atoms with van der Waals surface area (Å²) >= 11 is 0. The van der Waals surface area contributed by atoms with E-state index in [2.05, 4.69) is 0 Å². The molecule has 1 aromatic rings. The van der Waals surface area contributed by atoms with Crippen LogP contribution >= 0.6 is 0 Å². The molecule has 126 valence electrons. The molecule has 0 unspecified atom stereocenters. The van der Waals surface area contributed by atoms with Crippen LogP contribution in [-0.2, 0) is 21.2 Å². The van der Waals surface area contributed by atoms with Gasteiger partial charge in [-0.25, -0.2) is 8.42 Å². The normalized spacial score (nSPS) is 14.3. The summed E-state index contributed by atoms with van der Waals surface area (Å²) in [4.78, 5) is 24.3. The lowest BCUT2D eigenvalue weighted by molar-refractivity contribution is -0.137. The average molecular weight is 340 g/mol. The second-order valence-electron chi connectivity index (χ2n) is 5.65. The molecule has 1 aromatic carbocycles. The minimum absolute atomic E-state index is 0.116. The number of carboxylic acids is 1. The number of carbonyl (C=O) groups is 2. The summed E-state index contributed by atoms with van der Waals surface area (Å²) in [6, 6.07) is 4.93. The molecule has 1 aliphatic rings. The number of nitrogens with zero attached hydrogens (tertiary/aromatic N) is 2. The Bertz CT molecular complexity index is 729. The number of anilines is 1. The topological polar surface area (TPSA) is 95.0 Å². The van der Waals surface area contributed by atoms with Gasteiger partial charge in [0.2, 0.25) is 10.0 Å². The molecule has 0 aromatic heterocycles. The van der Waals surface area contributed by atoms with Crippen molar-refractivity contribution in [3.8, 4) is 0 Å². The summed E-state index contributed by atoms with van der Waals surface area (Å²) in [7, 11) is -1.78. The lowest BCUT2D eigenvalue weighted by Gasteiger charge is -2.29. The maximum Gasteiger partial charge on any atom is 0.305 e. The van der Waals surface area contributed by atoms with Crippen LogP contribution in [0, 0.1) is 0 Å². The first-order valence-electron chi connectivity index (χ1n) is 7.28. The van der Waals surface area contributed by atoms with Crippen LogP contribution in [0.3, 0.4) is 0 Å². The van der Waals surface area contributed by atoms with Crippen molar-refractivity contribution in [3.63, 3.8) is 0 Å². The molecular formula is C15H20N2O5S. The molecule has 0 saturated heterocycles. The van der Waals surface area contributed by atoms with Crippen LogP contribution in [0.1, 0.15) is 28.8 Å². The van der Waals surface area contributed by atoms with E-state index in [1.807, 2.05) is 0 Å². The zero-order valence-electron chi connectivity index (χ0n) is 13.2. The van der Waals surface area contributed by atoms with Gasteiger partial charge in [-0.05, 0) is 36.6 Å². The van der Waals surface area contributed by atoms with E-state index in [1.54, 1.807) is 25.2 Å². The van der Waals surface area contributed by atoms with Gasteiger partial charge < -0.3 is 10.0 Å². The Balaban J connectivity index is 2.24. The van der Waals surface area contributed by atoms with Gasteiger partial charge in [-0.2, -0.15) is 0 Å². The van der Waals surface area contributed by atoms with Crippen molar-refractivity contribution in [1.82, 2.24) is 4.90 Å². The molecule has 0 saturated carbocycles. The number of amides is 1. The lowest BCUT2D eigenvalue weighted by atomic mass is 10.0. The van der Waals surface area contributed by atoms with Crippen molar-refractivity contribution in [2.45, 2.75) is 19.3 Å². The molecular weight excluding hydrogens is 320 g/mol. The number of hydrogen-bond donors (Lipinski definition) is 1. The Morgan fingerprint density at radius 1 is 1.35 bits per heavy atom. The monoisotopic (exact) mass is 340 g/mol. The zero-order chi connectivity index (χ0) is 17.2. The molecule has 2 rings (SSSR count). The highest BCUT2D eigenvalue weighted by molar-refractivity contribution is 7.92. The van der Waals surface area contributed by atoms with Gasteiger partial charge in [0.05, 0.1) is 18.4 Å². The van der Waals surface area contributed by atoms with Gasteiger partial charge in [-0.15, -0.1) is 0 Å². The highest BCUT2D eigenvalue weighted by atomic mass is 32.2. The van der Waals surface area contributed by atoms with Gasteiger partial charge in [0.25, 0.3) is 5.91 Å². The van der Waals surface area contributed by atoms with E-state index in [-0.39, 0.29) is 18.9 Å². The highest BCUT2D eigenvalue weighted by Crippen LogP contribution is 2.30. The van der Waals surface area contributed by atoms with Gasteiger partial charge in [0.15, 0.2) is 0 Å². The number of aryl methyl sites for hydroxylation is 1. The van der Waals surface area contributed by atoms with Crippen molar-refractivity contribution in [2.75, 3.05) is 30.7 Å². The first kappa shape index (κ1) is 17.3. The Morgan fingerprint density at radius 3 is 2.65 bits per heavy atom. The first-order valence-corrected chi connectivity index (χ1v) is 9.13. The molecule has 7 nitrogen and oxygen atoms in total. The third kappa shape index (κ3) is 4.01. The van der Waals surface area contributed by atoms with E-state index >= 15 is 0 Å². The van der Waals surface area contributed by atoms with E-state index in [4.69, 9.17) is 5.11 Å². The number of hydrogen-bond acceptors (Lipinski definition) is 4. The van der Waals surface area contributed by atoms with Crippen LogP contribution in [0.25, 0.3) is 0 Å². The SMILES string of the molecule is CN(CCC(=O)O)C(=O)c1ccc2c(c1)CCCN2S(C)(=O)=O. The number of rotatable bonds is 5. The second kappa shape index (κ2) is 6.57. The Hall–Kier alpha value is -2.09. The van der Waals surface area contributed by atoms with Gasteiger partial charge in [-0.3, -0.25) is 13.9 Å². The number of fused-ring (bicyclic) bond motifs is 1. The molecule has 0 aliphatic carbocycles. The average Bonchev–Trinajstić information content (AvgIpc) is 2.49. The van der Waals surface area contributed by atoms with Crippen LogP contribution in [0.2, 0.25) is 0 Å². The maximum absolute atomic E-state index is 12.3. The lowest BCUT2D eigenvalue weighted by Crippen LogP contribution is -2.35. The van der Waals surface area contributed by atoms with E-state index in [0.29, 0.717) is 30.6 Å². The van der Waals surface area contributed by atoms with Crippen LogP contribution < -0.4 is 4.31 Å². The summed E-state index contributed by atoms with van der Waals surface area (Å²) in [5.74, 6) is -1.23. The number of aliphatic carboxylic acids is 1. The predicted octanol–water partition coefficient (Wildman–Crippen LogP) is 0.946.